The van der Waals surface area contributed by atoms with Gasteiger partial charge in [0, 0.05) is 20.8 Å². The number of likely N-dealkylation sites (tertiary alicyclic amines) is 1. The molecule has 3 aromatic rings. The van der Waals surface area contributed by atoms with E-state index in [0.717, 1.165) is 15.2 Å². The molecule has 0 unspecified atom stereocenters. The lowest BCUT2D eigenvalue weighted by atomic mass is 9.83. The number of carbonyl (C=O) groups excluding carboxylic acids is 3. The van der Waals surface area contributed by atoms with Crippen LogP contribution < -0.4 is 4.73 Å². The molecule has 8 nitrogen and oxygen atoms in total. The highest BCUT2D eigenvalue weighted by Crippen LogP contribution is 2.37. The van der Waals surface area contributed by atoms with Crippen molar-refractivity contribution in [3.63, 3.8) is 0 Å². The highest BCUT2D eigenvalue weighted by molar-refractivity contribution is 6.15. The van der Waals surface area contributed by atoms with E-state index in [-0.39, 0.29) is 18.1 Å². The summed E-state index contributed by atoms with van der Waals surface area (Å²) in [5.41, 5.74) is 2.66. The van der Waals surface area contributed by atoms with Gasteiger partial charge in [-0.1, -0.05) is 42.5 Å². The van der Waals surface area contributed by atoms with Crippen LogP contribution >= 0.6 is 0 Å². The molecular formula is C25H25N3O5. The van der Waals surface area contributed by atoms with E-state index in [9.17, 15) is 24.7 Å². The molecule has 1 aromatic heterocycles. The highest BCUT2D eigenvalue weighted by atomic mass is 16.5. The van der Waals surface area contributed by atoms with Crippen molar-refractivity contribution in [3.8, 4) is 5.75 Å². The summed E-state index contributed by atoms with van der Waals surface area (Å²) in [6.07, 6.45) is 0. The van der Waals surface area contributed by atoms with Crippen molar-refractivity contribution in [1.29, 1.82) is 0 Å². The third-order valence-electron chi connectivity index (χ3n) is 6.34. The Morgan fingerprint density at radius 3 is 2.33 bits per heavy atom. The van der Waals surface area contributed by atoms with Gasteiger partial charge in [0.25, 0.3) is 5.82 Å². The second-order valence-electron chi connectivity index (χ2n) is 8.35. The molecule has 1 aliphatic heterocycles. The van der Waals surface area contributed by atoms with E-state index in [2.05, 4.69) is 0 Å². The average Bonchev–Trinajstić information content (AvgIpc) is 3.20. The highest BCUT2D eigenvalue weighted by Gasteiger charge is 2.50. The molecule has 8 heteroatoms. The van der Waals surface area contributed by atoms with E-state index < -0.39 is 29.4 Å². The first-order valence-corrected chi connectivity index (χ1v) is 10.7. The van der Waals surface area contributed by atoms with E-state index in [1.165, 1.54) is 19.1 Å². The lowest BCUT2D eigenvalue weighted by molar-refractivity contribution is -0.621. The lowest BCUT2D eigenvalue weighted by Gasteiger charge is -2.22. The molecule has 1 aliphatic rings. The first-order chi connectivity index (χ1) is 15.7. The standard InChI is InChI=1S/C25H25N3O5/c1-15-16(2)28(33)24(26(15)13-18-7-5-4-6-8-18)22(19-9-11-20(30)12-10-19)23-21(31)14-27(17(3)29)25(23)32/h4-12,22-23,30H,13-14H2,1-3H3/t22-,23-/m1/s1. The van der Waals surface area contributed by atoms with Crippen LogP contribution in [-0.2, 0) is 20.9 Å². The Kier molecular flexibility index (Phi) is 5.76. The molecule has 2 aromatic carbocycles. The first-order valence-electron chi connectivity index (χ1n) is 10.7. The largest absolute Gasteiger partial charge is 0.711 e. The zero-order valence-electron chi connectivity index (χ0n) is 18.7. The number of ketones is 1. The number of carbonyl (C=O) groups is 3. The number of benzene rings is 2. The van der Waals surface area contributed by atoms with Gasteiger partial charge in [0.1, 0.15) is 35.5 Å². The third-order valence-corrected chi connectivity index (χ3v) is 6.34. The van der Waals surface area contributed by atoms with Gasteiger partial charge in [-0.2, -0.15) is 0 Å². The number of hydrogen-bond donors (Lipinski definition) is 1. The SMILES string of the molecule is CC(=O)N1CC(=O)[C@H]([C@@H](c2ccc(O)cc2)c2n(Cc3ccccc3)c(C)c(C)[n+]2[O-])C1=O. The summed E-state index contributed by atoms with van der Waals surface area (Å²) in [6.45, 7) is 4.82. The quantitative estimate of drug-likeness (QED) is 0.367. The Hall–Kier alpha value is -3.94. The minimum absolute atomic E-state index is 0.0222. The lowest BCUT2D eigenvalue weighted by Crippen LogP contribution is -2.41. The van der Waals surface area contributed by atoms with Crippen molar-refractivity contribution in [2.45, 2.75) is 33.2 Å². The van der Waals surface area contributed by atoms with Crippen LogP contribution in [0.5, 0.6) is 5.75 Å². The van der Waals surface area contributed by atoms with Crippen molar-refractivity contribution < 1.29 is 24.2 Å². The van der Waals surface area contributed by atoms with Gasteiger partial charge in [-0.15, -0.1) is 0 Å². The van der Waals surface area contributed by atoms with Crippen LogP contribution in [-0.4, -0.2) is 38.7 Å². The Labute approximate surface area is 191 Å². The molecule has 170 valence electrons. The summed E-state index contributed by atoms with van der Waals surface area (Å²) in [5.74, 6) is -3.43. The van der Waals surface area contributed by atoms with Gasteiger partial charge in [-0.25, -0.2) is 9.30 Å². The van der Waals surface area contributed by atoms with Crippen LogP contribution in [0, 0.1) is 25.0 Å². The van der Waals surface area contributed by atoms with Crippen molar-refractivity contribution in [3.05, 3.63) is 88.1 Å². The number of amides is 2. The summed E-state index contributed by atoms with van der Waals surface area (Å²) in [7, 11) is 0. The molecule has 0 bridgehead atoms. The predicted octanol–water partition coefficient (Wildman–Crippen LogP) is 2.20. The fourth-order valence-electron chi connectivity index (χ4n) is 4.46. The molecule has 0 saturated carbocycles. The van der Waals surface area contributed by atoms with Crippen LogP contribution in [0.25, 0.3) is 0 Å². The van der Waals surface area contributed by atoms with Crippen LogP contribution in [0.1, 0.15) is 41.2 Å². The van der Waals surface area contributed by atoms with Gasteiger partial charge >= 0.3 is 0 Å². The molecule has 4 rings (SSSR count). The van der Waals surface area contributed by atoms with E-state index in [0.29, 0.717) is 23.5 Å². The first kappa shape index (κ1) is 22.3. The number of phenols is 1. The predicted molar refractivity (Wildman–Crippen MR) is 119 cm³/mol. The second kappa shape index (κ2) is 8.54. The Bertz CT molecular complexity index is 1230. The number of imide groups is 1. The summed E-state index contributed by atoms with van der Waals surface area (Å²) >= 11 is 0. The maximum absolute atomic E-state index is 13.4. The van der Waals surface area contributed by atoms with Crippen molar-refractivity contribution in [1.82, 2.24) is 9.47 Å². The number of rotatable bonds is 5. The smallest absolute Gasteiger partial charge is 0.269 e. The van der Waals surface area contributed by atoms with Crippen molar-refractivity contribution in [2.24, 2.45) is 5.92 Å². The summed E-state index contributed by atoms with van der Waals surface area (Å²) in [6, 6.07) is 15.7. The number of aromatic hydroxyl groups is 1. The van der Waals surface area contributed by atoms with Gasteiger partial charge in [0.05, 0.1) is 6.54 Å². The topological polar surface area (TPSA) is 107 Å². The molecule has 2 heterocycles. The average molecular weight is 447 g/mol. The van der Waals surface area contributed by atoms with Crippen LogP contribution in [0.2, 0.25) is 0 Å². The second-order valence-corrected chi connectivity index (χ2v) is 8.35. The molecule has 0 aliphatic carbocycles. The maximum Gasteiger partial charge on any atom is 0.269 e. The number of imidazole rings is 1. The number of Topliss-reactive ketones (excluding diaryl/α,β-unsaturated/α-hetero) is 1. The van der Waals surface area contributed by atoms with Gasteiger partial charge < -0.3 is 10.3 Å². The van der Waals surface area contributed by atoms with Crippen LogP contribution in [0.4, 0.5) is 0 Å². The molecule has 33 heavy (non-hydrogen) atoms. The van der Waals surface area contributed by atoms with Crippen LogP contribution in [0.15, 0.2) is 54.6 Å². The Balaban J connectivity index is 1.93. The molecule has 0 radical (unpaired) electrons. The van der Waals surface area contributed by atoms with Crippen LogP contribution in [0.3, 0.4) is 0 Å². The molecule has 1 saturated heterocycles. The third kappa shape index (κ3) is 3.88. The maximum atomic E-state index is 13.4. The summed E-state index contributed by atoms with van der Waals surface area (Å²) < 4.78 is 2.60. The van der Waals surface area contributed by atoms with E-state index >= 15 is 0 Å². The van der Waals surface area contributed by atoms with Gasteiger partial charge in [0.2, 0.25) is 11.8 Å². The monoisotopic (exact) mass is 447 g/mol. The van der Waals surface area contributed by atoms with E-state index in [1.807, 2.05) is 41.8 Å². The van der Waals surface area contributed by atoms with Crippen molar-refractivity contribution in [2.75, 3.05) is 6.54 Å². The number of aromatic nitrogens is 2. The molecule has 1 fully saturated rings. The fourth-order valence-corrected chi connectivity index (χ4v) is 4.46. The van der Waals surface area contributed by atoms with Crippen molar-refractivity contribution >= 4 is 17.6 Å². The summed E-state index contributed by atoms with van der Waals surface area (Å²) in [4.78, 5) is 39.1. The molecular weight excluding hydrogens is 422 g/mol. The number of phenolic OH excluding ortho intramolecular Hbond substituents is 1. The number of nitrogens with zero attached hydrogens (tertiary/aromatic N) is 3. The van der Waals surface area contributed by atoms with E-state index in [1.54, 1.807) is 19.1 Å². The van der Waals surface area contributed by atoms with Gasteiger partial charge in [-0.3, -0.25) is 19.3 Å². The van der Waals surface area contributed by atoms with Gasteiger partial charge in [-0.05, 0) is 23.3 Å². The number of hydrogen-bond acceptors (Lipinski definition) is 5. The zero-order chi connectivity index (χ0) is 23.9. The minimum Gasteiger partial charge on any atom is -0.711 e. The Morgan fingerprint density at radius 2 is 1.76 bits per heavy atom. The minimum atomic E-state index is -1.22. The molecule has 0 spiro atoms. The molecule has 1 N–H and O–H groups in total. The molecule has 2 amide bonds. The fraction of sp³-hybridized carbons (Fsp3) is 0.280. The Morgan fingerprint density at radius 1 is 1.12 bits per heavy atom. The summed E-state index contributed by atoms with van der Waals surface area (Å²) in [5, 5.41) is 23.2. The normalized spacial score (nSPS) is 16.9. The zero-order valence-corrected chi connectivity index (χ0v) is 18.7. The molecule has 2 atom stereocenters. The van der Waals surface area contributed by atoms with E-state index in [4.69, 9.17) is 0 Å². The van der Waals surface area contributed by atoms with Gasteiger partial charge in [0.15, 0.2) is 5.78 Å².